The number of ether oxygens (including phenoxy) is 1. The molecular formula is C23H33N5O2S. The Morgan fingerprint density at radius 3 is 2.16 bits per heavy atom. The number of methoxy groups -OCH3 is 1. The molecule has 8 heteroatoms. The average Bonchev–Trinajstić information content (AvgIpc) is 3.19. The van der Waals surface area contributed by atoms with E-state index in [-0.39, 0.29) is 5.91 Å². The van der Waals surface area contributed by atoms with Gasteiger partial charge in [0.25, 0.3) is 0 Å². The van der Waals surface area contributed by atoms with Crippen LogP contribution in [0.5, 0.6) is 5.75 Å². The number of amides is 1. The molecule has 31 heavy (non-hydrogen) atoms. The molecule has 0 saturated heterocycles. The molecule has 1 aromatic carbocycles. The average molecular weight is 444 g/mol. The maximum atomic E-state index is 13.4. The molecule has 2 aliphatic rings. The molecule has 0 radical (unpaired) electrons. The Morgan fingerprint density at radius 1 is 1.03 bits per heavy atom. The third-order valence-electron chi connectivity index (χ3n) is 6.56. The highest BCUT2D eigenvalue weighted by molar-refractivity contribution is 7.99. The fourth-order valence-corrected chi connectivity index (χ4v) is 5.66. The lowest BCUT2D eigenvalue weighted by molar-refractivity contribution is -0.135. The molecule has 4 rings (SSSR count). The zero-order chi connectivity index (χ0) is 21.6. The maximum absolute atomic E-state index is 13.4. The second-order valence-electron chi connectivity index (χ2n) is 8.58. The van der Waals surface area contributed by atoms with Crippen molar-refractivity contribution < 1.29 is 9.53 Å². The lowest BCUT2D eigenvalue weighted by atomic mass is 9.88. The molecule has 0 aliphatic heterocycles. The molecule has 2 N–H and O–H groups in total. The van der Waals surface area contributed by atoms with Crippen LogP contribution in [0.4, 0.5) is 0 Å². The van der Waals surface area contributed by atoms with Crippen LogP contribution in [0.25, 0.3) is 11.4 Å². The van der Waals surface area contributed by atoms with Crippen molar-refractivity contribution in [3.63, 3.8) is 0 Å². The van der Waals surface area contributed by atoms with Crippen molar-refractivity contribution in [2.45, 2.75) is 81.4 Å². The minimum atomic E-state index is 0.220. The van der Waals surface area contributed by atoms with Crippen LogP contribution >= 0.6 is 11.8 Å². The molecule has 0 unspecified atom stereocenters. The number of nitrogen functional groups attached to an aromatic ring is 1. The van der Waals surface area contributed by atoms with Crippen LogP contribution < -0.4 is 10.6 Å². The molecule has 0 atom stereocenters. The van der Waals surface area contributed by atoms with E-state index in [1.54, 1.807) is 7.11 Å². The topological polar surface area (TPSA) is 86.3 Å². The quantitative estimate of drug-likeness (QED) is 0.508. The fourth-order valence-electron chi connectivity index (χ4n) is 4.94. The highest BCUT2D eigenvalue weighted by Gasteiger charge is 2.32. The molecule has 2 fully saturated rings. The number of nitrogens with two attached hydrogens (primary N) is 1. The van der Waals surface area contributed by atoms with Crippen molar-refractivity contribution >= 4 is 17.7 Å². The second-order valence-corrected chi connectivity index (χ2v) is 9.52. The number of aromatic nitrogens is 3. The minimum absolute atomic E-state index is 0.220. The summed E-state index contributed by atoms with van der Waals surface area (Å²) in [6, 6.07) is 8.34. The number of hydrogen-bond acceptors (Lipinski definition) is 6. The van der Waals surface area contributed by atoms with Crippen LogP contribution in [-0.4, -0.2) is 50.6 Å². The van der Waals surface area contributed by atoms with Crippen LogP contribution in [0.2, 0.25) is 0 Å². The predicted octanol–water partition coefficient (Wildman–Crippen LogP) is 4.25. The van der Waals surface area contributed by atoms with Crippen molar-refractivity contribution in [1.82, 2.24) is 19.8 Å². The van der Waals surface area contributed by atoms with Crippen molar-refractivity contribution in [3.05, 3.63) is 24.3 Å². The summed E-state index contributed by atoms with van der Waals surface area (Å²) >= 11 is 1.38. The Kier molecular flexibility index (Phi) is 7.37. The molecule has 1 heterocycles. The van der Waals surface area contributed by atoms with E-state index in [0.29, 0.717) is 28.8 Å². The lowest BCUT2D eigenvalue weighted by Gasteiger charge is -2.41. The summed E-state index contributed by atoms with van der Waals surface area (Å²) in [6.07, 6.45) is 12.1. The Balaban J connectivity index is 1.44. The molecule has 0 spiro atoms. The molecule has 2 aliphatic carbocycles. The fraction of sp³-hybridized carbons (Fsp3) is 0.609. The first kappa shape index (κ1) is 22.0. The van der Waals surface area contributed by atoms with Crippen molar-refractivity contribution in [3.8, 4) is 17.1 Å². The van der Waals surface area contributed by atoms with E-state index < -0.39 is 0 Å². The van der Waals surface area contributed by atoms with E-state index in [1.807, 2.05) is 24.3 Å². The van der Waals surface area contributed by atoms with Gasteiger partial charge in [-0.1, -0.05) is 50.3 Å². The smallest absolute Gasteiger partial charge is 0.233 e. The molecule has 1 aromatic heterocycles. The van der Waals surface area contributed by atoms with Crippen LogP contribution in [0.3, 0.4) is 0 Å². The first-order valence-corrected chi connectivity index (χ1v) is 12.4. The molecular weight excluding hydrogens is 410 g/mol. The van der Waals surface area contributed by atoms with Gasteiger partial charge in [0.15, 0.2) is 5.82 Å². The summed E-state index contributed by atoms with van der Waals surface area (Å²) in [6.45, 7) is 0. The van der Waals surface area contributed by atoms with E-state index in [2.05, 4.69) is 15.1 Å². The Morgan fingerprint density at radius 2 is 1.61 bits per heavy atom. The van der Waals surface area contributed by atoms with Gasteiger partial charge in [0.2, 0.25) is 11.1 Å². The third kappa shape index (κ3) is 5.17. The second kappa shape index (κ2) is 10.4. The largest absolute Gasteiger partial charge is 0.497 e. The normalized spacial score (nSPS) is 18.1. The summed E-state index contributed by atoms with van der Waals surface area (Å²) in [4.78, 5) is 15.6. The van der Waals surface area contributed by atoms with Crippen molar-refractivity contribution in [1.29, 1.82) is 0 Å². The maximum Gasteiger partial charge on any atom is 0.233 e. The summed E-state index contributed by atoms with van der Waals surface area (Å²) in [5.74, 6) is 8.19. The van der Waals surface area contributed by atoms with Gasteiger partial charge < -0.3 is 15.5 Å². The summed E-state index contributed by atoms with van der Waals surface area (Å²) in [5.41, 5.74) is 0.861. The Hall–Kier alpha value is -2.22. The van der Waals surface area contributed by atoms with Gasteiger partial charge in [-0.2, -0.15) is 0 Å². The van der Waals surface area contributed by atoms with Crippen LogP contribution in [0, 0.1) is 0 Å². The van der Waals surface area contributed by atoms with E-state index in [1.165, 1.54) is 55.0 Å². The summed E-state index contributed by atoms with van der Waals surface area (Å²) in [7, 11) is 1.64. The number of carbonyl (C=O) groups excluding carboxylic acids is 1. The number of carbonyl (C=O) groups is 1. The molecule has 1 amide bonds. The van der Waals surface area contributed by atoms with Crippen LogP contribution in [0.15, 0.2) is 29.4 Å². The number of nitrogens with zero attached hydrogens (tertiary/aromatic N) is 4. The van der Waals surface area contributed by atoms with E-state index in [4.69, 9.17) is 10.6 Å². The molecule has 7 nitrogen and oxygen atoms in total. The van der Waals surface area contributed by atoms with E-state index in [0.717, 1.165) is 37.0 Å². The van der Waals surface area contributed by atoms with Crippen LogP contribution in [0.1, 0.15) is 64.2 Å². The van der Waals surface area contributed by atoms with Crippen molar-refractivity contribution in [2.75, 3.05) is 18.7 Å². The minimum Gasteiger partial charge on any atom is -0.497 e. The lowest BCUT2D eigenvalue weighted by Crippen LogP contribution is -2.49. The molecule has 0 bridgehead atoms. The van der Waals surface area contributed by atoms with Crippen LogP contribution in [-0.2, 0) is 4.79 Å². The zero-order valence-electron chi connectivity index (χ0n) is 18.3. The Labute approximate surface area is 188 Å². The number of hydrogen-bond donors (Lipinski definition) is 1. The van der Waals surface area contributed by atoms with Gasteiger partial charge in [-0.3, -0.25) is 4.79 Å². The van der Waals surface area contributed by atoms with Gasteiger partial charge in [0.1, 0.15) is 5.75 Å². The van der Waals surface area contributed by atoms with Gasteiger partial charge in [0.05, 0.1) is 12.9 Å². The number of benzene rings is 1. The highest BCUT2D eigenvalue weighted by Crippen LogP contribution is 2.31. The summed E-state index contributed by atoms with van der Waals surface area (Å²) < 4.78 is 6.68. The highest BCUT2D eigenvalue weighted by atomic mass is 32.2. The van der Waals surface area contributed by atoms with E-state index in [9.17, 15) is 4.79 Å². The molecule has 2 aromatic rings. The van der Waals surface area contributed by atoms with Gasteiger partial charge in [0, 0.05) is 17.6 Å². The van der Waals surface area contributed by atoms with Crippen molar-refractivity contribution in [2.24, 2.45) is 0 Å². The van der Waals surface area contributed by atoms with E-state index >= 15 is 0 Å². The Bertz CT molecular complexity index is 839. The monoisotopic (exact) mass is 443 g/mol. The number of rotatable bonds is 7. The van der Waals surface area contributed by atoms with Gasteiger partial charge >= 0.3 is 0 Å². The molecule has 2 saturated carbocycles. The first-order chi connectivity index (χ1) is 15.2. The van der Waals surface area contributed by atoms with Gasteiger partial charge in [-0.25, -0.2) is 4.68 Å². The zero-order valence-corrected chi connectivity index (χ0v) is 19.1. The summed E-state index contributed by atoms with van der Waals surface area (Å²) in [5, 5.41) is 9.05. The standard InChI is InChI=1S/C23H33N5O2S/c1-30-20-14-12-17(13-15-20)22-25-26-23(28(22)24)31-16-21(29)27(18-8-4-2-5-9-18)19-10-6-3-7-11-19/h12-15,18-19H,2-11,16,24H2,1H3. The predicted molar refractivity (Wildman–Crippen MR) is 123 cm³/mol. The molecule has 168 valence electrons. The van der Waals surface area contributed by atoms with Gasteiger partial charge in [-0.15, -0.1) is 10.2 Å². The SMILES string of the molecule is COc1ccc(-c2nnc(SCC(=O)N(C3CCCCC3)C3CCCCC3)n2N)cc1. The number of thioether (sulfide) groups is 1. The third-order valence-corrected chi connectivity index (χ3v) is 7.49. The first-order valence-electron chi connectivity index (χ1n) is 11.5. The van der Waals surface area contributed by atoms with Gasteiger partial charge in [-0.05, 0) is 49.9 Å².